The standard InChI is InChI=1S/C40H27NO2/c1-40(2)31-20-21-34-38(28-12-6-8-14-33(28)41(34)26-10-4-3-5-11-26)37(31)27-18-16-24(22-32(27)40)25-17-19-30-36(23-25)43-35-15-9-7-13-29(35)39(30)42/h3-23H,1-2H3. The number of para-hydroxylation sites is 3. The van der Waals surface area contributed by atoms with Gasteiger partial charge in [0.25, 0.3) is 0 Å². The quantitative estimate of drug-likeness (QED) is 0.200. The van der Waals surface area contributed by atoms with E-state index in [1.165, 1.54) is 44.1 Å². The van der Waals surface area contributed by atoms with Crippen LogP contribution >= 0.6 is 0 Å². The lowest BCUT2D eigenvalue weighted by molar-refractivity contribution is 0.660. The Bertz CT molecular complexity index is 2500. The first-order valence-corrected chi connectivity index (χ1v) is 14.7. The van der Waals surface area contributed by atoms with Crippen LogP contribution in [0.5, 0.6) is 0 Å². The fourth-order valence-corrected chi connectivity index (χ4v) is 7.30. The van der Waals surface area contributed by atoms with Gasteiger partial charge in [0.15, 0.2) is 0 Å². The minimum absolute atomic E-state index is 0.00706. The molecule has 204 valence electrons. The molecule has 0 bridgehead atoms. The fraction of sp³-hybridized carbons (Fsp3) is 0.0750. The van der Waals surface area contributed by atoms with Crippen LogP contribution in [-0.2, 0) is 5.41 Å². The van der Waals surface area contributed by atoms with Crippen LogP contribution < -0.4 is 5.43 Å². The zero-order chi connectivity index (χ0) is 28.9. The van der Waals surface area contributed by atoms with E-state index in [1.54, 1.807) is 0 Å². The number of hydrogen-bond acceptors (Lipinski definition) is 2. The highest BCUT2D eigenvalue weighted by Gasteiger charge is 2.37. The molecule has 43 heavy (non-hydrogen) atoms. The Morgan fingerprint density at radius 1 is 0.581 bits per heavy atom. The van der Waals surface area contributed by atoms with E-state index in [0.29, 0.717) is 21.9 Å². The van der Waals surface area contributed by atoms with Crippen molar-refractivity contribution in [3.8, 4) is 27.9 Å². The minimum atomic E-state index is -0.176. The summed E-state index contributed by atoms with van der Waals surface area (Å²) >= 11 is 0. The summed E-state index contributed by atoms with van der Waals surface area (Å²) < 4.78 is 8.58. The van der Waals surface area contributed by atoms with Crippen molar-refractivity contribution in [2.24, 2.45) is 0 Å². The zero-order valence-corrected chi connectivity index (χ0v) is 23.9. The molecule has 0 amide bonds. The second-order valence-corrected chi connectivity index (χ2v) is 12.1. The lowest BCUT2D eigenvalue weighted by Gasteiger charge is -2.22. The van der Waals surface area contributed by atoms with Crippen LogP contribution in [0.4, 0.5) is 0 Å². The number of benzene rings is 6. The van der Waals surface area contributed by atoms with Crippen molar-refractivity contribution >= 4 is 43.7 Å². The average Bonchev–Trinajstić information content (AvgIpc) is 3.50. The maximum Gasteiger partial charge on any atom is 0.200 e. The molecule has 0 aliphatic heterocycles. The third-order valence-electron chi connectivity index (χ3n) is 9.40. The molecule has 6 aromatic carbocycles. The predicted octanol–water partition coefficient (Wildman–Crippen LogP) is 10.0. The summed E-state index contributed by atoms with van der Waals surface area (Å²) in [6.07, 6.45) is 0. The van der Waals surface area contributed by atoms with Gasteiger partial charge in [-0.3, -0.25) is 4.79 Å². The molecule has 8 aromatic rings. The van der Waals surface area contributed by atoms with Crippen molar-refractivity contribution in [1.29, 1.82) is 0 Å². The van der Waals surface area contributed by atoms with Gasteiger partial charge in [-0.05, 0) is 88.0 Å². The van der Waals surface area contributed by atoms with E-state index in [-0.39, 0.29) is 10.8 Å². The van der Waals surface area contributed by atoms with Crippen LogP contribution in [-0.4, -0.2) is 4.57 Å². The Labute approximate surface area is 248 Å². The molecule has 0 saturated carbocycles. The summed E-state index contributed by atoms with van der Waals surface area (Å²) in [5, 5.41) is 3.78. The van der Waals surface area contributed by atoms with Crippen molar-refractivity contribution in [2.45, 2.75) is 19.3 Å². The van der Waals surface area contributed by atoms with E-state index in [2.05, 4.69) is 103 Å². The summed E-state index contributed by atoms with van der Waals surface area (Å²) in [5.41, 5.74) is 12.1. The molecular formula is C40H27NO2. The smallest absolute Gasteiger partial charge is 0.200 e. The van der Waals surface area contributed by atoms with Crippen LogP contribution in [0.15, 0.2) is 137 Å². The maximum absolute atomic E-state index is 13.1. The largest absolute Gasteiger partial charge is 0.456 e. The second kappa shape index (κ2) is 8.56. The molecular weight excluding hydrogens is 526 g/mol. The molecule has 1 aliphatic rings. The summed E-state index contributed by atoms with van der Waals surface area (Å²) in [6.45, 7) is 4.66. The third kappa shape index (κ3) is 3.28. The molecule has 3 heteroatoms. The van der Waals surface area contributed by atoms with Crippen molar-refractivity contribution in [3.05, 3.63) is 149 Å². The van der Waals surface area contributed by atoms with Gasteiger partial charge in [-0.15, -0.1) is 0 Å². The minimum Gasteiger partial charge on any atom is -0.456 e. The molecule has 3 nitrogen and oxygen atoms in total. The van der Waals surface area contributed by atoms with Gasteiger partial charge in [-0.2, -0.15) is 0 Å². The number of hydrogen-bond donors (Lipinski definition) is 0. The third-order valence-corrected chi connectivity index (χ3v) is 9.40. The first kappa shape index (κ1) is 24.2. The van der Waals surface area contributed by atoms with Crippen molar-refractivity contribution < 1.29 is 4.42 Å². The number of rotatable bonds is 2. The van der Waals surface area contributed by atoms with E-state index >= 15 is 0 Å². The molecule has 0 saturated heterocycles. The van der Waals surface area contributed by atoms with Gasteiger partial charge in [-0.1, -0.05) is 86.6 Å². The molecule has 0 radical (unpaired) electrons. The Morgan fingerprint density at radius 2 is 1.28 bits per heavy atom. The fourth-order valence-electron chi connectivity index (χ4n) is 7.30. The lowest BCUT2D eigenvalue weighted by atomic mass is 9.81. The molecule has 0 spiro atoms. The Hall–Kier alpha value is -5.41. The van der Waals surface area contributed by atoms with Crippen LogP contribution in [0.1, 0.15) is 25.0 Å². The zero-order valence-electron chi connectivity index (χ0n) is 23.9. The van der Waals surface area contributed by atoms with Crippen molar-refractivity contribution in [2.75, 3.05) is 0 Å². The predicted molar refractivity (Wildman–Crippen MR) is 177 cm³/mol. The second-order valence-electron chi connectivity index (χ2n) is 12.1. The van der Waals surface area contributed by atoms with Crippen LogP contribution in [0.2, 0.25) is 0 Å². The van der Waals surface area contributed by atoms with E-state index in [0.717, 1.165) is 16.8 Å². The normalized spacial score (nSPS) is 13.6. The first-order chi connectivity index (χ1) is 21.0. The Balaban J connectivity index is 1.27. The van der Waals surface area contributed by atoms with Gasteiger partial charge in [0, 0.05) is 21.9 Å². The van der Waals surface area contributed by atoms with Gasteiger partial charge < -0.3 is 8.98 Å². The maximum atomic E-state index is 13.1. The van der Waals surface area contributed by atoms with Gasteiger partial charge >= 0.3 is 0 Å². The van der Waals surface area contributed by atoms with E-state index in [1.807, 2.05) is 42.5 Å². The number of aromatic nitrogens is 1. The summed E-state index contributed by atoms with van der Waals surface area (Å²) in [5.74, 6) is 0. The molecule has 9 rings (SSSR count). The monoisotopic (exact) mass is 553 g/mol. The summed E-state index contributed by atoms with van der Waals surface area (Å²) in [6, 6.07) is 44.2. The number of nitrogens with zero attached hydrogens (tertiary/aromatic N) is 1. The topological polar surface area (TPSA) is 35.1 Å². The summed E-state index contributed by atoms with van der Waals surface area (Å²) in [4.78, 5) is 13.1. The molecule has 2 heterocycles. The average molecular weight is 554 g/mol. The van der Waals surface area contributed by atoms with E-state index in [9.17, 15) is 4.79 Å². The summed E-state index contributed by atoms with van der Waals surface area (Å²) in [7, 11) is 0. The first-order valence-electron chi connectivity index (χ1n) is 14.7. The van der Waals surface area contributed by atoms with E-state index < -0.39 is 0 Å². The van der Waals surface area contributed by atoms with Gasteiger partial charge in [-0.25, -0.2) is 0 Å². The van der Waals surface area contributed by atoms with Gasteiger partial charge in [0.2, 0.25) is 5.43 Å². The Kier molecular flexibility index (Phi) is 4.82. The molecule has 0 N–H and O–H groups in total. The van der Waals surface area contributed by atoms with Crippen molar-refractivity contribution in [3.63, 3.8) is 0 Å². The highest BCUT2D eigenvalue weighted by Crippen LogP contribution is 2.54. The van der Waals surface area contributed by atoms with Crippen LogP contribution in [0.25, 0.3) is 71.7 Å². The molecule has 0 atom stereocenters. The van der Waals surface area contributed by atoms with Crippen molar-refractivity contribution in [1.82, 2.24) is 4.57 Å². The molecule has 2 aromatic heterocycles. The van der Waals surface area contributed by atoms with Gasteiger partial charge in [0.05, 0.1) is 21.8 Å². The lowest BCUT2D eigenvalue weighted by Crippen LogP contribution is -2.15. The molecule has 0 fully saturated rings. The highest BCUT2D eigenvalue weighted by molar-refractivity contribution is 6.18. The molecule has 1 aliphatic carbocycles. The SMILES string of the molecule is CC1(C)c2cc(-c3ccc4c(=O)c5ccccc5oc4c3)ccc2-c2c1ccc1c2c2ccccc2n1-c1ccccc1. The van der Waals surface area contributed by atoms with Gasteiger partial charge in [0.1, 0.15) is 11.2 Å². The van der Waals surface area contributed by atoms with E-state index in [4.69, 9.17) is 4.42 Å². The Morgan fingerprint density at radius 3 is 2.14 bits per heavy atom. The van der Waals surface area contributed by atoms with Crippen LogP contribution in [0.3, 0.4) is 0 Å². The highest BCUT2D eigenvalue weighted by atomic mass is 16.3. The number of fused-ring (bicyclic) bond motifs is 9. The molecule has 0 unspecified atom stereocenters. The van der Waals surface area contributed by atoms with Crippen LogP contribution in [0, 0.1) is 0 Å².